The molecule has 24 heavy (non-hydrogen) atoms. The Morgan fingerprint density at radius 1 is 1.42 bits per heavy atom. The number of aromatic nitrogens is 1. The Hall–Kier alpha value is -1.14. The highest BCUT2D eigenvalue weighted by atomic mass is 32.1. The molecular weight excluding hydrogens is 318 g/mol. The number of hydrogen-bond donors (Lipinski definition) is 2. The van der Waals surface area contributed by atoms with Crippen molar-refractivity contribution in [1.82, 2.24) is 20.5 Å². The van der Waals surface area contributed by atoms with Gasteiger partial charge in [0.2, 0.25) is 0 Å². The fourth-order valence-corrected chi connectivity index (χ4v) is 3.83. The molecule has 0 spiro atoms. The molecule has 2 heterocycles. The number of likely N-dealkylation sites (tertiary alicyclic amines) is 1. The highest BCUT2D eigenvalue weighted by molar-refractivity contribution is 7.11. The summed E-state index contributed by atoms with van der Waals surface area (Å²) in [6, 6.07) is 0.646. The first-order chi connectivity index (χ1) is 11.6. The van der Waals surface area contributed by atoms with Crippen molar-refractivity contribution in [2.45, 2.75) is 59.5 Å². The second-order valence-corrected chi connectivity index (χ2v) is 7.95. The summed E-state index contributed by atoms with van der Waals surface area (Å²) >= 11 is 1.76. The van der Waals surface area contributed by atoms with E-state index in [-0.39, 0.29) is 0 Å². The highest BCUT2D eigenvalue weighted by Crippen LogP contribution is 2.18. The molecule has 6 heteroatoms. The van der Waals surface area contributed by atoms with Gasteiger partial charge in [0.25, 0.3) is 0 Å². The summed E-state index contributed by atoms with van der Waals surface area (Å²) in [5, 5.41) is 7.97. The van der Waals surface area contributed by atoms with Crippen LogP contribution in [0.15, 0.2) is 11.2 Å². The third kappa shape index (κ3) is 6.06. The van der Waals surface area contributed by atoms with Crippen LogP contribution < -0.4 is 10.6 Å². The standard InChI is InChI=1S/C18H33N5S/c1-5-16-11-20-17(24-16)12-22-18(19-6-2)21-10-15-8-7-9-23(13-15)14(3)4/h11,14-15H,5-10,12-13H2,1-4H3,(H2,19,21,22). The van der Waals surface area contributed by atoms with E-state index in [4.69, 9.17) is 4.99 Å². The first-order valence-corrected chi connectivity index (χ1v) is 10.1. The number of nitrogens with one attached hydrogen (secondary N) is 2. The van der Waals surface area contributed by atoms with E-state index in [9.17, 15) is 0 Å². The number of aryl methyl sites for hydroxylation is 1. The zero-order valence-corrected chi connectivity index (χ0v) is 16.5. The third-order valence-electron chi connectivity index (χ3n) is 4.51. The molecule has 0 aromatic carbocycles. The molecule has 1 aliphatic heterocycles. The van der Waals surface area contributed by atoms with Crippen LogP contribution in [0, 0.1) is 5.92 Å². The summed E-state index contributed by atoms with van der Waals surface area (Å²) in [6.45, 7) is 13.8. The zero-order valence-electron chi connectivity index (χ0n) is 15.6. The molecule has 5 nitrogen and oxygen atoms in total. The highest BCUT2D eigenvalue weighted by Gasteiger charge is 2.21. The summed E-state index contributed by atoms with van der Waals surface area (Å²) in [4.78, 5) is 13.1. The molecular formula is C18H33N5S. The minimum absolute atomic E-state index is 0.646. The second-order valence-electron chi connectivity index (χ2n) is 6.75. The lowest BCUT2D eigenvalue weighted by Gasteiger charge is -2.35. The first-order valence-electron chi connectivity index (χ1n) is 9.32. The lowest BCUT2D eigenvalue weighted by Crippen LogP contribution is -2.46. The summed E-state index contributed by atoms with van der Waals surface area (Å²) < 4.78 is 0. The molecule has 1 aliphatic rings. The molecule has 1 aromatic heterocycles. The van der Waals surface area contributed by atoms with Gasteiger partial charge < -0.3 is 15.5 Å². The van der Waals surface area contributed by atoms with Gasteiger partial charge in [-0.05, 0) is 52.5 Å². The van der Waals surface area contributed by atoms with E-state index >= 15 is 0 Å². The third-order valence-corrected chi connectivity index (χ3v) is 5.63. The monoisotopic (exact) mass is 351 g/mol. The maximum Gasteiger partial charge on any atom is 0.191 e. The van der Waals surface area contributed by atoms with E-state index in [1.165, 1.54) is 30.8 Å². The molecule has 2 N–H and O–H groups in total. The molecule has 1 atom stereocenters. The van der Waals surface area contributed by atoms with E-state index in [0.717, 1.165) is 30.5 Å². The number of hydrogen-bond acceptors (Lipinski definition) is 4. The molecule has 1 aromatic rings. The molecule has 1 unspecified atom stereocenters. The van der Waals surface area contributed by atoms with E-state index in [0.29, 0.717) is 18.5 Å². The number of nitrogens with zero attached hydrogens (tertiary/aromatic N) is 3. The van der Waals surface area contributed by atoms with Crippen molar-refractivity contribution in [3.05, 3.63) is 16.1 Å². The minimum atomic E-state index is 0.646. The molecule has 1 fully saturated rings. The Morgan fingerprint density at radius 3 is 2.92 bits per heavy atom. The van der Waals surface area contributed by atoms with Gasteiger partial charge in [-0.25, -0.2) is 9.98 Å². The van der Waals surface area contributed by atoms with Crippen molar-refractivity contribution in [2.75, 3.05) is 26.2 Å². The Bertz CT molecular complexity index is 511. The largest absolute Gasteiger partial charge is 0.357 e. The van der Waals surface area contributed by atoms with Crippen LogP contribution in [0.5, 0.6) is 0 Å². The van der Waals surface area contributed by atoms with Crippen LogP contribution in [-0.2, 0) is 13.0 Å². The Labute approximate surface area is 151 Å². The summed E-state index contributed by atoms with van der Waals surface area (Å²) in [5.74, 6) is 1.61. The molecule has 0 saturated carbocycles. The summed E-state index contributed by atoms with van der Waals surface area (Å²) in [6.07, 6.45) is 5.63. The van der Waals surface area contributed by atoms with Crippen LogP contribution in [0.3, 0.4) is 0 Å². The number of aliphatic imine (C=N–C) groups is 1. The average molecular weight is 352 g/mol. The lowest BCUT2D eigenvalue weighted by atomic mass is 9.97. The van der Waals surface area contributed by atoms with Gasteiger partial charge in [0.05, 0.1) is 6.54 Å². The molecule has 0 radical (unpaired) electrons. The molecule has 0 aliphatic carbocycles. The fourth-order valence-electron chi connectivity index (χ4n) is 3.05. The van der Waals surface area contributed by atoms with Crippen LogP contribution in [0.25, 0.3) is 0 Å². The van der Waals surface area contributed by atoms with Gasteiger partial charge in [0, 0.05) is 36.8 Å². The van der Waals surface area contributed by atoms with Gasteiger partial charge in [0.1, 0.15) is 5.01 Å². The van der Waals surface area contributed by atoms with Crippen LogP contribution in [-0.4, -0.2) is 48.1 Å². The Balaban J connectivity index is 1.84. The van der Waals surface area contributed by atoms with Crippen molar-refractivity contribution in [3.63, 3.8) is 0 Å². The van der Waals surface area contributed by atoms with Crippen molar-refractivity contribution < 1.29 is 0 Å². The van der Waals surface area contributed by atoms with E-state index < -0.39 is 0 Å². The summed E-state index contributed by atoms with van der Waals surface area (Å²) in [7, 11) is 0. The number of guanidine groups is 1. The van der Waals surface area contributed by atoms with Gasteiger partial charge in [-0.3, -0.25) is 0 Å². The van der Waals surface area contributed by atoms with Crippen molar-refractivity contribution in [1.29, 1.82) is 0 Å². The normalized spacial score (nSPS) is 19.7. The van der Waals surface area contributed by atoms with Gasteiger partial charge in [0.15, 0.2) is 5.96 Å². The van der Waals surface area contributed by atoms with Gasteiger partial charge in [-0.2, -0.15) is 0 Å². The predicted octanol–water partition coefficient (Wildman–Crippen LogP) is 2.88. The van der Waals surface area contributed by atoms with Gasteiger partial charge >= 0.3 is 0 Å². The zero-order chi connectivity index (χ0) is 17.4. The SMILES string of the molecule is CCNC(=NCc1ncc(CC)s1)NCC1CCCN(C(C)C)C1. The number of rotatable bonds is 7. The maximum atomic E-state index is 4.70. The molecule has 0 amide bonds. The topological polar surface area (TPSA) is 52.6 Å². The minimum Gasteiger partial charge on any atom is -0.357 e. The smallest absolute Gasteiger partial charge is 0.191 e. The Morgan fingerprint density at radius 2 is 2.25 bits per heavy atom. The van der Waals surface area contributed by atoms with E-state index in [1.54, 1.807) is 11.3 Å². The maximum absolute atomic E-state index is 4.70. The first kappa shape index (κ1) is 19.2. The Kier molecular flexibility index (Phi) is 7.99. The van der Waals surface area contributed by atoms with Crippen LogP contribution in [0.4, 0.5) is 0 Å². The molecule has 0 bridgehead atoms. The van der Waals surface area contributed by atoms with Crippen LogP contribution in [0.2, 0.25) is 0 Å². The van der Waals surface area contributed by atoms with Crippen LogP contribution in [0.1, 0.15) is 50.4 Å². The van der Waals surface area contributed by atoms with Crippen molar-refractivity contribution in [2.24, 2.45) is 10.9 Å². The number of thiazole rings is 1. The van der Waals surface area contributed by atoms with E-state index in [2.05, 4.69) is 48.2 Å². The van der Waals surface area contributed by atoms with Crippen molar-refractivity contribution in [3.8, 4) is 0 Å². The van der Waals surface area contributed by atoms with Crippen molar-refractivity contribution >= 4 is 17.3 Å². The van der Waals surface area contributed by atoms with Crippen LogP contribution >= 0.6 is 11.3 Å². The summed E-state index contributed by atoms with van der Waals surface area (Å²) in [5.41, 5.74) is 0. The quantitative estimate of drug-likeness (QED) is 0.586. The lowest BCUT2D eigenvalue weighted by molar-refractivity contribution is 0.141. The molecule has 1 saturated heterocycles. The molecule has 136 valence electrons. The van der Waals surface area contributed by atoms with E-state index in [1.807, 2.05) is 6.20 Å². The predicted molar refractivity (Wildman–Crippen MR) is 104 cm³/mol. The average Bonchev–Trinajstić information content (AvgIpc) is 3.05. The molecule has 2 rings (SSSR count). The second kappa shape index (κ2) is 9.99. The van der Waals surface area contributed by atoms with Gasteiger partial charge in [-0.1, -0.05) is 6.92 Å². The fraction of sp³-hybridized carbons (Fsp3) is 0.778. The number of piperidine rings is 1. The van der Waals surface area contributed by atoms with Gasteiger partial charge in [-0.15, -0.1) is 11.3 Å².